The van der Waals surface area contributed by atoms with Crippen molar-refractivity contribution in [2.45, 2.75) is 13.3 Å². The van der Waals surface area contributed by atoms with E-state index in [0.29, 0.717) is 18.8 Å². The maximum absolute atomic E-state index is 12.0. The Morgan fingerprint density at radius 3 is 2.81 bits per heavy atom. The van der Waals surface area contributed by atoms with Gasteiger partial charge in [-0.25, -0.2) is 0 Å². The minimum atomic E-state index is -0.460. The van der Waals surface area contributed by atoms with E-state index in [9.17, 15) is 14.9 Å². The van der Waals surface area contributed by atoms with Crippen molar-refractivity contribution in [1.29, 1.82) is 0 Å². The topological polar surface area (TPSA) is 84.7 Å². The van der Waals surface area contributed by atoms with Crippen LogP contribution < -0.4 is 10.1 Å². The van der Waals surface area contributed by atoms with E-state index >= 15 is 0 Å². The summed E-state index contributed by atoms with van der Waals surface area (Å²) < 4.78 is 5.52. The average Bonchev–Trinajstić information content (AvgIpc) is 2.49. The lowest BCUT2D eigenvalue weighted by atomic mass is 10.2. The van der Waals surface area contributed by atoms with Crippen LogP contribution in [0.25, 0.3) is 0 Å². The molecule has 0 saturated carbocycles. The number of nitro groups is 1. The number of hydrogen-bond donors (Lipinski definition) is 1. The molecule has 7 heteroatoms. The second kappa shape index (κ2) is 7.03. The van der Waals surface area contributed by atoms with E-state index in [1.165, 1.54) is 12.1 Å². The summed E-state index contributed by atoms with van der Waals surface area (Å²) in [6, 6.07) is 4.48. The third-order valence-electron chi connectivity index (χ3n) is 3.43. The molecular weight excluding hydrogens is 274 g/mol. The molecule has 1 aliphatic heterocycles. The quantitative estimate of drug-likeness (QED) is 0.649. The molecule has 0 unspecified atom stereocenters. The standard InChI is InChI=1S/C14H19N3O4/c1-11-2-3-12(17(19)20)10-13(11)21-9-4-14(18)16-7-5-15-6-8-16/h2-3,10,15H,4-9H2,1H3. The highest BCUT2D eigenvalue weighted by molar-refractivity contribution is 5.76. The number of non-ortho nitro benzene ring substituents is 1. The summed E-state index contributed by atoms with van der Waals surface area (Å²) in [5.41, 5.74) is 0.805. The fourth-order valence-corrected chi connectivity index (χ4v) is 2.18. The summed E-state index contributed by atoms with van der Waals surface area (Å²) in [5.74, 6) is 0.511. The monoisotopic (exact) mass is 293 g/mol. The number of rotatable bonds is 5. The van der Waals surface area contributed by atoms with E-state index < -0.39 is 4.92 Å². The number of nitrogens with zero attached hydrogens (tertiary/aromatic N) is 2. The molecule has 0 aliphatic carbocycles. The molecule has 7 nitrogen and oxygen atoms in total. The number of nitro benzene ring substituents is 1. The molecule has 0 atom stereocenters. The maximum atomic E-state index is 12.0. The molecule has 0 spiro atoms. The van der Waals surface area contributed by atoms with Crippen molar-refractivity contribution in [2.75, 3.05) is 32.8 Å². The third-order valence-corrected chi connectivity index (χ3v) is 3.43. The van der Waals surface area contributed by atoms with Crippen LogP contribution in [0.4, 0.5) is 5.69 Å². The van der Waals surface area contributed by atoms with Crippen LogP contribution in [0.5, 0.6) is 5.75 Å². The molecule has 1 heterocycles. The van der Waals surface area contributed by atoms with Gasteiger partial charge in [0.1, 0.15) is 5.75 Å². The molecule has 114 valence electrons. The van der Waals surface area contributed by atoms with E-state index in [1.807, 2.05) is 6.92 Å². The Kier molecular flexibility index (Phi) is 5.10. The Hall–Kier alpha value is -2.15. The highest BCUT2D eigenvalue weighted by atomic mass is 16.6. The molecule has 1 N–H and O–H groups in total. The second-order valence-electron chi connectivity index (χ2n) is 4.94. The van der Waals surface area contributed by atoms with Gasteiger partial charge in [-0.3, -0.25) is 14.9 Å². The Morgan fingerprint density at radius 2 is 2.14 bits per heavy atom. The molecule has 1 saturated heterocycles. The molecule has 0 radical (unpaired) electrons. The zero-order valence-electron chi connectivity index (χ0n) is 12.0. The minimum absolute atomic E-state index is 0.0102. The largest absolute Gasteiger partial charge is 0.493 e. The Morgan fingerprint density at radius 1 is 1.43 bits per heavy atom. The van der Waals surface area contributed by atoms with Gasteiger partial charge in [0.05, 0.1) is 24.0 Å². The van der Waals surface area contributed by atoms with Crippen LogP contribution in [0.15, 0.2) is 18.2 Å². The minimum Gasteiger partial charge on any atom is -0.493 e. The molecule has 1 aliphatic rings. The number of carbonyl (C=O) groups excluding carboxylic acids is 1. The average molecular weight is 293 g/mol. The van der Waals surface area contributed by atoms with Crippen molar-refractivity contribution >= 4 is 11.6 Å². The van der Waals surface area contributed by atoms with Gasteiger partial charge >= 0.3 is 0 Å². The molecule has 1 fully saturated rings. The molecule has 1 aromatic carbocycles. The lowest BCUT2D eigenvalue weighted by Crippen LogP contribution is -2.46. The van der Waals surface area contributed by atoms with Crippen molar-refractivity contribution in [3.63, 3.8) is 0 Å². The summed E-state index contributed by atoms with van der Waals surface area (Å²) in [5, 5.41) is 13.9. The number of amides is 1. The number of aryl methyl sites for hydroxylation is 1. The highest BCUT2D eigenvalue weighted by Gasteiger charge is 2.16. The normalized spacial score (nSPS) is 14.8. The lowest BCUT2D eigenvalue weighted by molar-refractivity contribution is -0.384. The van der Waals surface area contributed by atoms with Gasteiger partial charge in [0.15, 0.2) is 0 Å². The van der Waals surface area contributed by atoms with Crippen LogP contribution in [0.2, 0.25) is 0 Å². The summed E-state index contributed by atoms with van der Waals surface area (Å²) in [6.07, 6.45) is 0.280. The maximum Gasteiger partial charge on any atom is 0.273 e. The van der Waals surface area contributed by atoms with Gasteiger partial charge in [-0.1, -0.05) is 0 Å². The van der Waals surface area contributed by atoms with E-state index in [1.54, 1.807) is 11.0 Å². The summed E-state index contributed by atoms with van der Waals surface area (Å²) >= 11 is 0. The van der Waals surface area contributed by atoms with Gasteiger partial charge in [-0.15, -0.1) is 0 Å². The third kappa shape index (κ3) is 4.16. The van der Waals surface area contributed by atoms with E-state index in [0.717, 1.165) is 18.7 Å². The molecule has 1 amide bonds. The molecule has 2 rings (SSSR count). The fourth-order valence-electron chi connectivity index (χ4n) is 2.18. The van der Waals surface area contributed by atoms with Crippen molar-refractivity contribution in [3.8, 4) is 5.75 Å². The van der Waals surface area contributed by atoms with Gasteiger partial charge in [0, 0.05) is 32.2 Å². The zero-order valence-corrected chi connectivity index (χ0v) is 12.0. The van der Waals surface area contributed by atoms with Crippen molar-refractivity contribution < 1.29 is 14.5 Å². The van der Waals surface area contributed by atoms with Crippen LogP contribution >= 0.6 is 0 Å². The first-order valence-corrected chi connectivity index (χ1v) is 6.94. The number of piperazine rings is 1. The van der Waals surface area contributed by atoms with Gasteiger partial charge in [-0.05, 0) is 18.6 Å². The van der Waals surface area contributed by atoms with Crippen molar-refractivity contribution in [2.24, 2.45) is 0 Å². The van der Waals surface area contributed by atoms with Crippen LogP contribution in [0.3, 0.4) is 0 Å². The number of benzene rings is 1. The van der Waals surface area contributed by atoms with Gasteiger partial charge in [0.2, 0.25) is 5.91 Å². The molecule has 0 bridgehead atoms. The number of nitrogens with one attached hydrogen (secondary N) is 1. The summed E-state index contributed by atoms with van der Waals surface area (Å²) in [7, 11) is 0. The Balaban J connectivity index is 1.86. The molecular formula is C14H19N3O4. The number of ether oxygens (including phenoxy) is 1. The van der Waals surface area contributed by atoms with E-state index in [-0.39, 0.29) is 24.6 Å². The Labute approximate surface area is 123 Å². The van der Waals surface area contributed by atoms with Crippen molar-refractivity contribution in [3.05, 3.63) is 33.9 Å². The summed E-state index contributed by atoms with van der Waals surface area (Å²) in [6.45, 7) is 5.11. The van der Waals surface area contributed by atoms with Crippen LogP contribution in [0.1, 0.15) is 12.0 Å². The van der Waals surface area contributed by atoms with Crippen LogP contribution in [-0.2, 0) is 4.79 Å². The smallest absolute Gasteiger partial charge is 0.273 e. The molecule has 21 heavy (non-hydrogen) atoms. The first-order chi connectivity index (χ1) is 10.1. The lowest BCUT2D eigenvalue weighted by Gasteiger charge is -2.27. The highest BCUT2D eigenvalue weighted by Crippen LogP contribution is 2.24. The van der Waals surface area contributed by atoms with Crippen LogP contribution in [-0.4, -0.2) is 48.5 Å². The van der Waals surface area contributed by atoms with Gasteiger partial charge in [-0.2, -0.15) is 0 Å². The predicted molar refractivity (Wildman–Crippen MR) is 77.4 cm³/mol. The first kappa shape index (κ1) is 15.2. The van der Waals surface area contributed by atoms with E-state index in [2.05, 4.69) is 5.32 Å². The first-order valence-electron chi connectivity index (χ1n) is 6.94. The second-order valence-corrected chi connectivity index (χ2v) is 4.94. The van der Waals surface area contributed by atoms with Crippen LogP contribution in [0, 0.1) is 17.0 Å². The SMILES string of the molecule is Cc1ccc([N+](=O)[O-])cc1OCCC(=O)N1CCNCC1. The summed E-state index contributed by atoms with van der Waals surface area (Å²) in [4.78, 5) is 24.0. The van der Waals surface area contributed by atoms with Gasteiger partial charge in [0.25, 0.3) is 5.69 Å². The molecule has 0 aromatic heterocycles. The number of hydrogen-bond acceptors (Lipinski definition) is 5. The van der Waals surface area contributed by atoms with Gasteiger partial charge < -0.3 is 15.0 Å². The zero-order chi connectivity index (χ0) is 15.2. The fraction of sp³-hybridized carbons (Fsp3) is 0.500. The Bertz CT molecular complexity index is 527. The number of carbonyl (C=O) groups is 1. The van der Waals surface area contributed by atoms with E-state index in [4.69, 9.17) is 4.74 Å². The van der Waals surface area contributed by atoms with Crippen molar-refractivity contribution in [1.82, 2.24) is 10.2 Å². The molecule has 1 aromatic rings. The predicted octanol–water partition coefficient (Wildman–Crippen LogP) is 1.10.